The summed E-state index contributed by atoms with van der Waals surface area (Å²) in [7, 11) is 0. The second kappa shape index (κ2) is 5.12. The second-order valence-electron chi connectivity index (χ2n) is 5.31. The number of H-pyrrole nitrogens is 1. The van der Waals surface area contributed by atoms with Crippen molar-refractivity contribution < 1.29 is 0 Å². The second-order valence-corrected chi connectivity index (χ2v) is 5.31. The number of aromatic nitrogens is 1. The number of piperidine rings is 1. The molecule has 18 heavy (non-hydrogen) atoms. The summed E-state index contributed by atoms with van der Waals surface area (Å²) >= 11 is 0. The number of benzene rings is 1. The zero-order chi connectivity index (χ0) is 12.4. The Labute approximate surface area is 108 Å². The van der Waals surface area contributed by atoms with Crippen molar-refractivity contribution in [1.29, 1.82) is 0 Å². The lowest BCUT2D eigenvalue weighted by Gasteiger charge is -2.31. The number of nitrogens with zero attached hydrogens (tertiary/aromatic N) is 1. The number of hydrogen-bond acceptors (Lipinski definition) is 2. The lowest BCUT2D eigenvalue weighted by molar-refractivity contribution is 0.181. The van der Waals surface area contributed by atoms with Crippen molar-refractivity contribution in [3.63, 3.8) is 0 Å². The largest absolute Gasteiger partial charge is 0.361 e. The minimum absolute atomic E-state index is 0.740. The Balaban J connectivity index is 1.70. The zero-order valence-electron chi connectivity index (χ0n) is 10.7. The summed E-state index contributed by atoms with van der Waals surface area (Å²) in [5, 5.41) is 1.36. The molecule has 3 nitrogen and oxygen atoms in total. The number of nitrogens with one attached hydrogen (secondary N) is 1. The van der Waals surface area contributed by atoms with Crippen LogP contribution in [0.25, 0.3) is 10.9 Å². The van der Waals surface area contributed by atoms with Crippen LogP contribution in [0, 0.1) is 5.92 Å². The fourth-order valence-electron chi connectivity index (χ4n) is 2.88. The van der Waals surface area contributed by atoms with Crippen molar-refractivity contribution in [3.8, 4) is 0 Å². The van der Waals surface area contributed by atoms with Crippen molar-refractivity contribution in [2.75, 3.05) is 19.6 Å². The van der Waals surface area contributed by atoms with E-state index in [1.54, 1.807) is 0 Å². The van der Waals surface area contributed by atoms with Gasteiger partial charge in [0.25, 0.3) is 0 Å². The number of likely N-dealkylation sites (tertiary alicyclic amines) is 1. The third-order valence-electron chi connectivity index (χ3n) is 4.11. The highest BCUT2D eigenvalue weighted by molar-refractivity contribution is 5.82. The molecule has 1 aliphatic rings. The predicted octanol–water partition coefficient (Wildman–Crippen LogP) is 2.34. The molecular formula is C15H21N3. The van der Waals surface area contributed by atoms with Gasteiger partial charge in [0.05, 0.1) is 0 Å². The fraction of sp³-hybridized carbons (Fsp3) is 0.467. The van der Waals surface area contributed by atoms with Crippen LogP contribution in [0.15, 0.2) is 30.5 Å². The molecule has 1 aromatic carbocycles. The standard InChI is InChI=1S/C15H21N3/c16-9-12-5-7-18(8-6-12)11-13-10-17-15-4-2-1-3-14(13)15/h1-4,10,12,17H,5-9,11,16H2. The minimum Gasteiger partial charge on any atom is -0.361 e. The molecule has 0 bridgehead atoms. The maximum atomic E-state index is 5.74. The summed E-state index contributed by atoms with van der Waals surface area (Å²) in [5.74, 6) is 0.740. The number of hydrogen-bond donors (Lipinski definition) is 2. The van der Waals surface area contributed by atoms with Crippen molar-refractivity contribution in [3.05, 3.63) is 36.0 Å². The number of para-hydroxylation sites is 1. The van der Waals surface area contributed by atoms with Gasteiger partial charge >= 0.3 is 0 Å². The predicted molar refractivity (Wildman–Crippen MR) is 75.4 cm³/mol. The van der Waals surface area contributed by atoms with Gasteiger partial charge in [0, 0.05) is 23.6 Å². The summed E-state index contributed by atoms with van der Waals surface area (Å²) in [6.07, 6.45) is 4.65. The van der Waals surface area contributed by atoms with Crippen LogP contribution in [0.1, 0.15) is 18.4 Å². The monoisotopic (exact) mass is 243 g/mol. The van der Waals surface area contributed by atoms with Crippen LogP contribution >= 0.6 is 0 Å². The Kier molecular flexibility index (Phi) is 3.35. The highest BCUT2D eigenvalue weighted by Crippen LogP contribution is 2.22. The molecule has 0 spiro atoms. The molecule has 3 N–H and O–H groups in total. The van der Waals surface area contributed by atoms with Gasteiger partial charge in [0.1, 0.15) is 0 Å². The molecule has 0 aliphatic carbocycles. The van der Waals surface area contributed by atoms with E-state index in [0.717, 1.165) is 19.0 Å². The van der Waals surface area contributed by atoms with E-state index < -0.39 is 0 Å². The van der Waals surface area contributed by atoms with Crippen molar-refractivity contribution in [1.82, 2.24) is 9.88 Å². The quantitative estimate of drug-likeness (QED) is 0.869. The number of aromatic amines is 1. The summed E-state index contributed by atoms with van der Waals surface area (Å²) in [5.41, 5.74) is 8.39. The first-order valence-electron chi connectivity index (χ1n) is 6.84. The Bertz CT molecular complexity index is 509. The van der Waals surface area contributed by atoms with Gasteiger partial charge in [-0.3, -0.25) is 4.90 Å². The van der Waals surface area contributed by atoms with E-state index >= 15 is 0 Å². The van der Waals surface area contributed by atoms with E-state index in [4.69, 9.17) is 5.73 Å². The summed E-state index contributed by atoms with van der Waals surface area (Å²) in [6.45, 7) is 4.27. The number of fused-ring (bicyclic) bond motifs is 1. The Morgan fingerprint density at radius 3 is 2.78 bits per heavy atom. The first-order chi connectivity index (χ1) is 8.86. The van der Waals surface area contributed by atoms with Gasteiger partial charge in [-0.15, -0.1) is 0 Å². The lowest BCUT2D eigenvalue weighted by Crippen LogP contribution is -2.35. The van der Waals surface area contributed by atoms with Gasteiger partial charge in [-0.05, 0) is 50.0 Å². The smallest absolute Gasteiger partial charge is 0.0457 e. The molecule has 2 heterocycles. The van der Waals surface area contributed by atoms with Gasteiger partial charge in [-0.1, -0.05) is 18.2 Å². The summed E-state index contributed by atoms with van der Waals surface area (Å²) in [6, 6.07) is 8.53. The van der Waals surface area contributed by atoms with Crippen LogP contribution in [0.5, 0.6) is 0 Å². The molecule has 1 saturated heterocycles. The minimum atomic E-state index is 0.740. The molecule has 2 aromatic rings. The van der Waals surface area contributed by atoms with Crippen molar-refractivity contribution in [2.45, 2.75) is 19.4 Å². The van der Waals surface area contributed by atoms with Crippen LogP contribution in [-0.4, -0.2) is 29.5 Å². The van der Waals surface area contributed by atoms with Gasteiger partial charge in [-0.2, -0.15) is 0 Å². The molecule has 1 fully saturated rings. The number of rotatable bonds is 3. The SMILES string of the molecule is NCC1CCN(Cc2c[nH]c3ccccc23)CC1. The molecule has 0 atom stereocenters. The maximum absolute atomic E-state index is 5.74. The van der Waals surface area contributed by atoms with Crippen molar-refractivity contribution in [2.24, 2.45) is 11.7 Å². The van der Waals surface area contributed by atoms with Gasteiger partial charge in [0.2, 0.25) is 0 Å². The number of nitrogens with two attached hydrogens (primary N) is 1. The molecule has 0 radical (unpaired) electrons. The Morgan fingerprint density at radius 1 is 1.22 bits per heavy atom. The van der Waals surface area contributed by atoms with Crippen LogP contribution in [-0.2, 0) is 6.54 Å². The Morgan fingerprint density at radius 2 is 2.00 bits per heavy atom. The fourth-order valence-corrected chi connectivity index (χ4v) is 2.88. The van der Waals surface area contributed by atoms with E-state index in [1.807, 2.05) is 0 Å². The molecule has 3 heteroatoms. The molecule has 96 valence electrons. The molecular weight excluding hydrogens is 222 g/mol. The van der Waals surface area contributed by atoms with Gasteiger partial charge in [0.15, 0.2) is 0 Å². The molecule has 1 aromatic heterocycles. The third-order valence-corrected chi connectivity index (χ3v) is 4.11. The first kappa shape index (κ1) is 11.8. The maximum Gasteiger partial charge on any atom is 0.0457 e. The van der Waals surface area contributed by atoms with E-state index in [0.29, 0.717) is 0 Å². The van der Waals surface area contributed by atoms with Gasteiger partial charge < -0.3 is 10.7 Å². The molecule has 0 saturated carbocycles. The highest BCUT2D eigenvalue weighted by atomic mass is 15.1. The average molecular weight is 243 g/mol. The topological polar surface area (TPSA) is 45.0 Å². The van der Waals surface area contributed by atoms with E-state index in [1.165, 1.54) is 42.4 Å². The van der Waals surface area contributed by atoms with Crippen LogP contribution in [0.2, 0.25) is 0 Å². The third kappa shape index (κ3) is 2.28. The first-order valence-corrected chi connectivity index (χ1v) is 6.84. The van der Waals surface area contributed by atoms with E-state index in [2.05, 4.69) is 40.3 Å². The van der Waals surface area contributed by atoms with Gasteiger partial charge in [-0.25, -0.2) is 0 Å². The molecule has 3 rings (SSSR count). The van der Waals surface area contributed by atoms with Crippen LogP contribution in [0.3, 0.4) is 0 Å². The van der Waals surface area contributed by atoms with E-state index in [-0.39, 0.29) is 0 Å². The van der Waals surface area contributed by atoms with Crippen LogP contribution < -0.4 is 5.73 Å². The molecule has 1 aliphatic heterocycles. The van der Waals surface area contributed by atoms with E-state index in [9.17, 15) is 0 Å². The zero-order valence-corrected chi connectivity index (χ0v) is 10.7. The summed E-state index contributed by atoms with van der Waals surface area (Å²) < 4.78 is 0. The lowest BCUT2D eigenvalue weighted by atomic mass is 9.97. The highest BCUT2D eigenvalue weighted by Gasteiger charge is 2.18. The molecule has 0 unspecified atom stereocenters. The normalized spacial score (nSPS) is 18.5. The van der Waals surface area contributed by atoms with Crippen LogP contribution in [0.4, 0.5) is 0 Å². The Hall–Kier alpha value is -1.32. The molecule has 0 amide bonds. The van der Waals surface area contributed by atoms with Crippen molar-refractivity contribution >= 4 is 10.9 Å². The summed E-state index contributed by atoms with van der Waals surface area (Å²) in [4.78, 5) is 5.89. The average Bonchev–Trinajstić information content (AvgIpc) is 2.83.